The first-order chi connectivity index (χ1) is 5.86. The second-order valence-corrected chi connectivity index (χ2v) is 1.39. The zero-order chi connectivity index (χ0) is 8.81. The summed E-state index contributed by atoms with van der Waals surface area (Å²) < 4.78 is 0. The minimum Gasteiger partial charge on any atom is -0.184 e. The Morgan fingerprint density at radius 1 is 1.17 bits per heavy atom. The van der Waals surface area contributed by atoms with Gasteiger partial charge < -0.3 is 0 Å². The molecule has 0 aromatic heterocycles. The Morgan fingerprint density at radius 2 is 1.75 bits per heavy atom. The summed E-state index contributed by atoms with van der Waals surface area (Å²) in [6.45, 7) is 0. The maximum absolute atomic E-state index is 7.94. The lowest BCUT2D eigenvalue weighted by Gasteiger charge is -1.89. The predicted molar refractivity (Wildman–Crippen MR) is 34.8 cm³/mol. The molecule has 10 nitrogen and oxygen atoms in total. The van der Waals surface area contributed by atoms with Gasteiger partial charge in [-0.15, -0.1) is 10.2 Å². The molecule has 1 aliphatic rings. The average Bonchev–Trinajstić information content (AvgIpc) is 2.09. The van der Waals surface area contributed by atoms with E-state index in [0.717, 1.165) is 0 Å². The van der Waals surface area contributed by atoms with Gasteiger partial charge in [0.05, 0.1) is 0 Å². The molecule has 0 spiro atoms. The standard InChI is InChI=1S/C2HN10/c3-11-9-1-5-7-2(8-6-1)10-12-4/h3H/q+1. The van der Waals surface area contributed by atoms with Gasteiger partial charge in [-0.2, -0.15) is 5.53 Å². The largest absolute Gasteiger partial charge is 0.375 e. The first-order valence-corrected chi connectivity index (χ1v) is 2.57. The number of hydrogen-bond donors (Lipinski definition) is 1. The van der Waals surface area contributed by atoms with E-state index in [1.165, 1.54) is 0 Å². The van der Waals surface area contributed by atoms with Crippen molar-refractivity contribution in [1.29, 1.82) is 10.9 Å². The van der Waals surface area contributed by atoms with Crippen LogP contribution in [0.4, 0.5) is 0 Å². The van der Waals surface area contributed by atoms with Crippen molar-refractivity contribution in [3.63, 3.8) is 0 Å². The first-order valence-electron chi connectivity index (χ1n) is 2.57. The van der Waals surface area contributed by atoms with Gasteiger partial charge in [-0.3, -0.25) is 0 Å². The molecule has 0 unspecified atom stereocenters. The fourth-order valence-electron chi connectivity index (χ4n) is 0.384. The summed E-state index contributed by atoms with van der Waals surface area (Å²) >= 11 is 0. The van der Waals surface area contributed by atoms with Crippen LogP contribution in [0.5, 0.6) is 0 Å². The van der Waals surface area contributed by atoms with Crippen LogP contribution in [0.2, 0.25) is 0 Å². The van der Waals surface area contributed by atoms with E-state index in [1.54, 1.807) is 0 Å². The van der Waals surface area contributed by atoms with Gasteiger partial charge in [0.15, 0.2) is 0 Å². The molecule has 0 bridgehead atoms. The van der Waals surface area contributed by atoms with Crippen LogP contribution >= 0.6 is 0 Å². The monoisotopic (exact) mass is 165 g/mol. The smallest absolute Gasteiger partial charge is 0.184 e. The van der Waals surface area contributed by atoms with E-state index >= 15 is 0 Å². The van der Waals surface area contributed by atoms with Crippen LogP contribution in [-0.4, -0.2) is 11.9 Å². The summed E-state index contributed by atoms with van der Waals surface area (Å²) in [5.74, 6) is -0.372. The lowest BCUT2D eigenvalue weighted by atomic mass is 11.0. The molecular weight excluding hydrogens is 164 g/mol. The Bertz CT molecular complexity index is 317. The van der Waals surface area contributed by atoms with Gasteiger partial charge in [-0.25, -0.2) is 0 Å². The normalized spacial score (nSPS) is 13.9. The lowest BCUT2D eigenvalue weighted by molar-refractivity contribution is 0.963. The van der Waals surface area contributed by atoms with Crippen molar-refractivity contribution in [3.8, 4) is 0 Å². The number of hydrogen-bond acceptors (Lipinski definition) is 4. The molecule has 1 N–H and O–H groups in total. The van der Waals surface area contributed by atoms with E-state index in [4.69, 9.17) is 10.9 Å². The molecule has 1 aliphatic heterocycles. The van der Waals surface area contributed by atoms with Crippen molar-refractivity contribution in [3.05, 3.63) is 5.08 Å². The Morgan fingerprint density at radius 3 is 2.25 bits per heavy atom. The third-order valence-electron chi connectivity index (χ3n) is 0.731. The highest BCUT2D eigenvalue weighted by atomic mass is 15.5. The molecule has 0 saturated carbocycles. The molecule has 0 aromatic rings. The van der Waals surface area contributed by atoms with Crippen LogP contribution < -0.4 is 0 Å². The molecule has 0 fully saturated rings. The van der Waals surface area contributed by atoms with Crippen LogP contribution in [0.25, 0.3) is 5.08 Å². The molecule has 1 rings (SSSR count). The number of rotatable bonds is 1. The predicted octanol–water partition coefficient (Wildman–Crippen LogP) is 1.33. The summed E-state index contributed by atoms with van der Waals surface area (Å²) in [4.78, 5) is 0. The fourth-order valence-corrected chi connectivity index (χ4v) is 0.384. The van der Waals surface area contributed by atoms with E-state index in [9.17, 15) is 0 Å². The van der Waals surface area contributed by atoms with Crippen molar-refractivity contribution >= 4 is 11.9 Å². The number of nitrogens with zero attached hydrogens (tertiary/aromatic N) is 9. The second-order valence-electron chi connectivity index (χ2n) is 1.39. The van der Waals surface area contributed by atoms with E-state index in [-0.39, 0.29) is 11.9 Å². The van der Waals surface area contributed by atoms with Gasteiger partial charge in [0.2, 0.25) is 5.10 Å². The van der Waals surface area contributed by atoms with E-state index < -0.39 is 0 Å². The molecule has 0 aliphatic carbocycles. The van der Waals surface area contributed by atoms with Gasteiger partial charge >= 0.3 is 17.0 Å². The van der Waals surface area contributed by atoms with Gasteiger partial charge in [-0.05, 0) is 5.22 Å². The minimum absolute atomic E-state index is 0.165. The van der Waals surface area contributed by atoms with Gasteiger partial charge in [-0.1, -0.05) is 15.3 Å². The Labute approximate surface area is 64.9 Å². The van der Waals surface area contributed by atoms with Crippen molar-refractivity contribution in [2.45, 2.75) is 0 Å². The SMILES string of the molecule is N#[N+]N=C1N=NC(=NN=N)N=N1. The van der Waals surface area contributed by atoms with E-state index in [0.29, 0.717) is 0 Å². The second kappa shape index (κ2) is 3.66. The van der Waals surface area contributed by atoms with Gasteiger partial charge in [0.25, 0.3) is 5.39 Å². The van der Waals surface area contributed by atoms with Crippen LogP contribution in [0.15, 0.2) is 35.9 Å². The fraction of sp³-hybridized carbons (Fsp3) is 0. The molecule has 0 aromatic carbocycles. The molecule has 0 atom stereocenters. The number of azo groups is 2. The summed E-state index contributed by atoms with van der Waals surface area (Å²) in [7, 11) is 0. The third kappa shape index (κ3) is 1.77. The number of nitrogens with one attached hydrogen (secondary N) is 1. The molecule has 0 amide bonds. The Hall–Kier alpha value is -2.44. The summed E-state index contributed by atoms with van der Waals surface area (Å²) in [5, 5.41) is 32.4. The zero-order valence-corrected chi connectivity index (χ0v) is 5.52. The number of guanidine groups is 2. The van der Waals surface area contributed by atoms with Gasteiger partial charge in [0.1, 0.15) is 0 Å². The average molecular weight is 165 g/mol. The zero-order valence-electron chi connectivity index (χ0n) is 5.52. The van der Waals surface area contributed by atoms with Crippen LogP contribution in [-0.2, 0) is 0 Å². The molecular formula is C2HN10+. The molecule has 0 saturated heterocycles. The highest BCUT2D eigenvalue weighted by Crippen LogP contribution is 1.99. The van der Waals surface area contributed by atoms with Crippen LogP contribution in [0.3, 0.4) is 0 Å². The topological polar surface area (TPSA) is 139 Å². The third-order valence-corrected chi connectivity index (χ3v) is 0.731. The van der Waals surface area contributed by atoms with Crippen molar-refractivity contribution in [2.75, 3.05) is 0 Å². The summed E-state index contributed by atoms with van der Waals surface area (Å²) in [6.07, 6.45) is 0. The highest BCUT2D eigenvalue weighted by molar-refractivity contribution is 5.90. The van der Waals surface area contributed by atoms with E-state index in [2.05, 4.69) is 41.0 Å². The van der Waals surface area contributed by atoms with Gasteiger partial charge in [0, 0.05) is 0 Å². The number of diazo groups is 1. The maximum atomic E-state index is 7.94. The summed E-state index contributed by atoms with van der Waals surface area (Å²) in [5.41, 5.74) is 6.32. The molecule has 10 heteroatoms. The van der Waals surface area contributed by atoms with E-state index in [1.807, 2.05) is 0 Å². The van der Waals surface area contributed by atoms with Crippen molar-refractivity contribution < 1.29 is 0 Å². The molecule has 0 radical (unpaired) electrons. The maximum Gasteiger partial charge on any atom is 0.375 e. The minimum atomic E-state index is -0.207. The van der Waals surface area contributed by atoms with Crippen LogP contribution in [0.1, 0.15) is 0 Å². The molecule has 1 heterocycles. The Kier molecular flexibility index (Phi) is 2.34. The van der Waals surface area contributed by atoms with Crippen molar-refractivity contribution in [2.24, 2.45) is 35.9 Å². The lowest BCUT2D eigenvalue weighted by Crippen LogP contribution is -1.97. The highest BCUT2D eigenvalue weighted by Gasteiger charge is 2.08. The Balaban J connectivity index is 2.81. The quantitative estimate of drug-likeness (QED) is 0.349. The summed E-state index contributed by atoms with van der Waals surface area (Å²) in [6, 6.07) is 0. The molecule has 12 heavy (non-hydrogen) atoms. The van der Waals surface area contributed by atoms with Crippen molar-refractivity contribution in [1.82, 2.24) is 0 Å². The first kappa shape index (κ1) is 7.66. The molecule has 58 valence electrons. The van der Waals surface area contributed by atoms with Crippen LogP contribution in [0, 0.1) is 10.9 Å².